The van der Waals surface area contributed by atoms with Crippen molar-refractivity contribution in [3.63, 3.8) is 0 Å². The average molecular weight is 432 g/mol. The van der Waals surface area contributed by atoms with Crippen LogP contribution in [0.15, 0.2) is 60.8 Å². The van der Waals surface area contributed by atoms with Crippen LogP contribution in [-0.2, 0) is 14.9 Å². The van der Waals surface area contributed by atoms with Gasteiger partial charge in [-0.1, -0.05) is 69.0 Å². The fraction of sp³-hybridized carbons (Fsp3) is 0.345. The summed E-state index contributed by atoms with van der Waals surface area (Å²) in [5.74, 6) is -0.300. The molecule has 2 N–H and O–H groups in total. The van der Waals surface area contributed by atoms with E-state index in [1.165, 1.54) is 41.1 Å². The van der Waals surface area contributed by atoms with Crippen molar-refractivity contribution < 1.29 is 9.53 Å². The van der Waals surface area contributed by atoms with Crippen molar-refractivity contribution in [3.05, 3.63) is 94.2 Å². The van der Waals surface area contributed by atoms with Gasteiger partial charge in [-0.3, -0.25) is 4.79 Å². The van der Waals surface area contributed by atoms with Crippen LogP contribution in [0, 0.1) is 13.8 Å². The van der Waals surface area contributed by atoms with Gasteiger partial charge >= 0.3 is 5.97 Å². The molecule has 2 rings (SSSR count). The van der Waals surface area contributed by atoms with Gasteiger partial charge in [0.25, 0.3) is 0 Å². The second-order valence-corrected chi connectivity index (χ2v) is 8.42. The van der Waals surface area contributed by atoms with Gasteiger partial charge in [0.1, 0.15) is 0 Å². The molecular weight excluding hydrogens is 394 g/mol. The molecule has 0 saturated heterocycles. The molecule has 170 valence electrons. The molecule has 2 aromatic carbocycles. The van der Waals surface area contributed by atoms with Gasteiger partial charge in [-0.15, -0.1) is 0 Å². The van der Waals surface area contributed by atoms with E-state index in [2.05, 4.69) is 70.7 Å². The molecule has 0 aliphatic carbocycles. The molecule has 0 amide bonds. The highest BCUT2D eigenvalue weighted by Gasteiger charge is 2.31. The maximum absolute atomic E-state index is 11.6. The van der Waals surface area contributed by atoms with Gasteiger partial charge in [0.2, 0.25) is 0 Å². The number of aryl methyl sites for hydroxylation is 2. The van der Waals surface area contributed by atoms with Gasteiger partial charge in [0, 0.05) is 5.41 Å². The van der Waals surface area contributed by atoms with E-state index in [0.29, 0.717) is 0 Å². The molecule has 2 aromatic rings. The van der Waals surface area contributed by atoms with Gasteiger partial charge in [-0.2, -0.15) is 0 Å². The molecule has 0 spiro atoms. The number of carbonyl (C=O) groups excluding carboxylic acids is 1. The first-order valence-electron chi connectivity index (χ1n) is 11.3. The summed E-state index contributed by atoms with van der Waals surface area (Å²) < 4.78 is 4.77. The first-order chi connectivity index (χ1) is 15.3. The molecule has 0 aliphatic heterocycles. The quantitative estimate of drug-likeness (QED) is 0.348. The average Bonchev–Trinajstić information content (AvgIpc) is 2.79. The Bertz CT molecular complexity index is 1040. The highest BCUT2D eigenvalue weighted by molar-refractivity contribution is 5.76. The van der Waals surface area contributed by atoms with Crippen LogP contribution >= 0.6 is 0 Å². The van der Waals surface area contributed by atoms with E-state index in [0.717, 1.165) is 29.6 Å². The van der Waals surface area contributed by atoms with Crippen molar-refractivity contribution in [1.82, 2.24) is 0 Å². The van der Waals surface area contributed by atoms with Crippen LogP contribution in [0.3, 0.4) is 0 Å². The highest BCUT2D eigenvalue weighted by Crippen LogP contribution is 2.40. The van der Waals surface area contributed by atoms with Gasteiger partial charge in [0.15, 0.2) is 0 Å². The van der Waals surface area contributed by atoms with Gasteiger partial charge in [-0.05, 0) is 84.3 Å². The third-order valence-electron chi connectivity index (χ3n) is 6.65. The SMILES string of the molecule is C=Cc1ccc(C(CC)(CC)c2ccc(/C(C)=C/C(=C\N)CC(=O)OC)c(C)c2)cc1C. The monoisotopic (exact) mass is 431 g/mol. The summed E-state index contributed by atoms with van der Waals surface area (Å²) >= 11 is 0. The van der Waals surface area contributed by atoms with E-state index in [-0.39, 0.29) is 17.8 Å². The molecule has 0 saturated carbocycles. The summed E-state index contributed by atoms with van der Waals surface area (Å²) in [4.78, 5) is 11.6. The molecule has 0 bridgehead atoms. The largest absolute Gasteiger partial charge is 0.469 e. The molecule has 3 nitrogen and oxygen atoms in total. The minimum Gasteiger partial charge on any atom is -0.469 e. The maximum atomic E-state index is 11.6. The number of benzene rings is 2. The lowest BCUT2D eigenvalue weighted by molar-refractivity contribution is -0.139. The molecule has 0 atom stereocenters. The molecule has 0 heterocycles. The topological polar surface area (TPSA) is 52.3 Å². The molecule has 0 unspecified atom stereocenters. The van der Waals surface area contributed by atoms with Crippen molar-refractivity contribution in [2.24, 2.45) is 5.73 Å². The fourth-order valence-corrected chi connectivity index (χ4v) is 4.59. The second-order valence-electron chi connectivity index (χ2n) is 8.42. The third kappa shape index (κ3) is 5.21. The number of carbonyl (C=O) groups is 1. The summed E-state index contributed by atoms with van der Waals surface area (Å²) in [6, 6.07) is 13.5. The lowest BCUT2D eigenvalue weighted by Gasteiger charge is -2.34. The molecule has 0 radical (unpaired) electrons. The number of rotatable bonds is 9. The molecule has 3 heteroatoms. The first-order valence-corrected chi connectivity index (χ1v) is 11.3. The van der Waals surface area contributed by atoms with Crippen LogP contribution < -0.4 is 5.73 Å². The van der Waals surface area contributed by atoms with Crippen molar-refractivity contribution in [2.45, 2.75) is 59.3 Å². The number of methoxy groups -OCH3 is 1. The Morgan fingerprint density at radius 1 is 1.06 bits per heavy atom. The third-order valence-corrected chi connectivity index (χ3v) is 6.65. The van der Waals surface area contributed by atoms with Crippen LogP contribution in [0.25, 0.3) is 11.6 Å². The Morgan fingerprint density at radius 3 is 2.12 bits per heavy atom. The van der Waals surface area contributed by atoms with E-state index >= 15 is 0 Å². The zero-order chi connectivity index (χ0) is 23.9. The molecule has 0 aromatic heterocycles. The lowest BCUT2D eigenvalue weighted by Crippen LogP contribution is -2.26. The fourth-order valence-electron chi connectivity index (χ4n) is 4.59. The summed E-state index contributed by atoms with van der Waals surface area (Å²) in [7, 11) is 1.38. The number of allylic oxidation sites excluding steroid dienone is 2. The zero-order valence-corrected chi connectivity index (χ0v) is 20.4. The summed E-state index contributed by atoms with van der Waals surface area (Å²) in [5.41, 5.74) is 15.0. The van der Waals surface area contributed by atoms with Crippen molar-refractivity contribution in [2.75, 3.05) is 7.11 Å². The Hall–Kier alpha value is -3.07. The second kappa shape index (κ2) is 11.0. The maximum Gasteiger partial charge on any atom is 0.310 e. The number of hydrogen-bond acceptors (Lipinski definition) is 3. The van der Waals surface area contributed by atoms with E-state index < -0.39 is 0 Å². The molecule has 0 aliphatic rings. The minimum absolute atomic E-state index is 0.0431. The van der Waals surface area contributed by atoms with Gasteiger partial charge < -0.3 is 10.5 Å². The Balaban J connectivity index is 2.49. The normalized spacial score (nSPS) is 12.6. The minimum atomic E-state index is -0.300. The molecular formula is C29H37NO2. The predicted molar refractivity (Wildman–Crippen MR) is 136 cm³/mol. The Morgan fingerprint density at radius 2 is 1.66 bits per heavy atom. The van der Waals surface area contributed by atoms with Crippen LogP contribution in [0.4, 0.5) is 0 Å². The van der Waals surface area contributed by atoms with Gasteiger partial charge in [0.05, 0.1) is 13.5 Å². The number of nitrogens with two attached hydrogens (primary N) is 1. The molecule has 0 fully saturated rings. The van der Waals surface area contributed by atoms with Crippen LogP contribution in [0.5, 0.6) is 0 Å². The van der Waals surface area contributed by atoms with E-state index in [1.807, 2.05) is 19.1 Å². The van der Waals surface area contributed by atoms with Gasteiger partial charge in [-0.25, -0.2) is 0 Å². The highest BCUT2D eigenvalue weighted by atomic mass is 16.5. The zero-order valence-electron chi connectivity index (χ0n) is 20.4. The Labute approximate surface area is 193 Å². The number of ether oxygens (including phenoxy) is 1. The van der Waals surface area contributed by atoms with Crippen molar-refractivity contribution in [3.8, 4) is 0 Å². The van der Waals surface area contributed by atoms with Crippen LogP contribution in [0.2, 0.25) is 0 Å². The van der Waals surface area contributed by atoms with E-state index in [4.69, 9.17) is 10.5 Å². The first kappa shape index (κ1) is 25.2. The number of esters is 1. The van der Waals surface area contributed by atoms with Crippen molar-refractivity contribution in [1.29, 1.82) is 0 Å². The van der Waals surface area contributed by atoms with Crippen LogP contribution in [-0.4, -0.2) is 13.1 Å². The smallest absolute Gasteiger partial charge is 0.310 e. The molecule has 32 heavy (non-hydrogen) atoms. The van der Waals surface area contributed by atoms with E-state index in [1.54, 1.807) is 0 Å². The van der Waals surface area contributed by atoms with Crippen LogP contribution in [0.1, 0.15) is 73.4 Å². The van der Waals surface area contributed by atoms with Crippen molar-refractivity contribution >= 4 is 17.6 Å². The standard InChI is InChI=1S/C29H37NO2/c1-8-24-11-12-25(16-20(24)4)29(9-2,10-3)26-13-14-27(22(6)17-26)21(5)15-23(19-30)18-28(31)32-7/h8,11-17,19H,1,9-10,18,30H2,2-7H3/b21-15+,23-19+. The predicted octanol–water partition coefficient (Wildman–Crippen LogP) is 6.86. The summed E-state index contributed by atoms with van der Waals surface area (Å²) in [5, 5.41) is 0. The summed E-state index contributed by atoms with van der Waals surface area (Å²) in [6.45, 7) is 14.8. The number of hydrogen-bond donors (Lipinski definition) is 1. The lowest BCUT2D eigenvalue weighted by atomic mass is 9.69. The summed E-state index contributed by atoms with van der Waals surface area (Å²) in [6.07, 6.45) is 7.54. The van der Waals surface area contributed by atoms with E-state index in [9.17, 15) is 4.79 Å². The Kier molecular flexibility index (Phi) is 8.65.